The minimum Gasteiger partial charge on any atom is -0.356 e. The third-order valence-electron chi connectivity index (χ3n) is 6.02. The first-order valence-corrected chi connectivity index (χ1v) is 10.0. The first-order valence-electron chi connectivity index (χ1n) is 10.0. The molecule has 1 nitrogen and oxygen atoms in total. The van der Waals surface area contributed by atoms with E-state index in [2.05, 4.69) is 104 Å². The van der Waals surface area contributed by atoms with Crippen molar-refractivity contribution < 1.29 is 0 Å². The number of nitrogens with one attached hydrogen (secondary N) is 1. The Bertz CT molecular complexity index is 1190. The molecule has 0 fully saturated rings. The summed E-state index contributed by atoms with van der Waals surface area (Å²) in [5.41, 5.74) is 10.4. The van der Waals surface area contributed by atoms with Gasteiger partial charge in [-0.05, 0) is 51.6 Å². The van der Waals surface area contributed by atoms with Crippen molar-refractivity contribution in [3.63, 3.8) is 0 Å². The highest BCUT2D eigenvalue weighted by Gasteiger charge is 2.35. The molecule has 0 saturated carbocycles. The molecule has 0 aliphatic heterocycles. The van der Waals surface area contributed by atoms with E-state index < -0.39 is 0 Å². The van der Waals surface area contributed by atoms with E-state index in [0.29, 0.717) is 0 Å². The number of rotatable bonds is 3. The maximum absolute atomic E-state index is 6.45. The normalized spacial score (nSPS) is 13.6. The fourth-order valence-corrected chi connectivity index (χ4v) is 4.40. The molecule has 1 aliphatic carbocycles. The predicted octanol–water partition coefficient (Wildman–Crippen LogP) is 6.20. The Balaban J connectivity index is 1.49. The van der Waals surface area contributed by atoms with Crippen LogP contribution in [0.1, 0.15) is 25.0 Å². The average Bonchev–Trinajstić information content (AvgIpc) is 2.97. The van der Waals surface area contributed by atoms with Crippen LogP contribution in [-0.2, 0) is 5.41 Å². The van der Waals surface area contributed by atoms with Gasteiger partial charge in [-0.3, -0.25) is 0 Å². The summed E-state index contributed by atoms with van der Waals surface area (Å²) in [6.45, 7) is 4.57. The van der Waals surface area contributed by atoms with Gasteiger partial charge in [0.25, 0.3) is 0 Å². The Morgan fingerprint density at radius 2 is 1.31 bits per heavy atom. The highest BCUT2D eigenvalue weighted by atomic mass is 14.9. The third-order valence-corrected chi connectivity index (χ3v) is 6.02. The molecule has 0 spiro atoms. The van der Waals surface area contributed by atoms with Gasteiger partial charge in [-0.2, -0.15) is 0 Å². The van der Waals surface area contributed by atoms with Crippen LogP contribution in [0, 0.1) is 0 Å². The molecular weight excluding hydrogens is 349 g/mol. The zero-order valence-corrected chi connectivity index (χ0v) is 16.7. The first kappa shape index (κ1) is 17.8. The minimum absolute atomic E-state index is 0.0345. The van der Waals surface area contributed by atoms with E-state index >= 15 is 0 Å². The van der Waals surface area contributed by atoms with Crippen molar-refractivity contribution in [2.24, 2.45) is 0 Å². The van der Waals surface area contributed by atoms with Crippen molar-refractivity contribution in [2.75, 3.05) is 5.32 Å². The second-order valence-corrected chi connectivity index (χ2v) is 8.22. The van der Waals surface area contributed by atoms with Gasteiger partial charge in [0, 0.05) is 16.8 Å². The Hall–Kier alpha value is -3.26. The van der Waals surface area contributed by atoms with Gasteiger partial charge >= 0.3 is 0 Å². The lowest BCUT2D eigenvalue weighted by Gasteiger charge is -2.23. The van der Waals surface area contributed by atoms with Crippen LogP contribution in [0.15, 0.2) is 91.0 Å². The maximum Gasteiger partial charge on any atom is 0.116 e. The number of anilines is 2. The van der Waals surface area contributed by atoms with Gasteiger partial charge in [-0.15, -0.1) is 0 Å². The van der Waals surface area contributed by atoms with E-state index in [4.69, 9.17) is 7.85 Å². The Morgan fingerprint density at radius 3 is 2.07 bits per heavy atom. The van der Waals surface area contributed by atoms with Crippen molar-refractivity contribution in [3.8, 4) is 22.3 Å². The molecule has 0 saturated heterocycles. The van der Waals surface area contributed by atoms with Crippen LogP contribution in [0.25, 0.3) is 22.3 Å². The molecule has 4 aromatic carbocycles. The second-order valence-electron chi connectivity index (χ2n) is 8.22. The Morgan fingerprint density at radius 1 is 0.655 bits per heavy atom. The van der Waals surface area contributed by atoms with E-state index in [1.165, 1.54) is 33.4 Å². The fraction of sp³-hybridized carbons (Fsp3) is 0.111. The first-order chi connectivity index (χ1) is 14.0. The van der Waals surface area contributed by atoms with E-state index in [1.807, 2.05) is 6.07 Å². The smallest absolute Gasteiger partial charge is 0.116 e. The lowest BCUT2D eigenvalue weighted by atomic mass is 9.81. The van der Waals surface area contributed by atoms with E-state index in [1.54, 1.807) is 0 Å². The molecule has 0 aromatic heterocycles. The molecule has 0 atom stereocenters. The number of fused-ring (bicyclic) bond motifs is 3. The molecule has 0 heterocycles. The van der Waals surface area contributed by atoms with Crippen molar-refractivity contribution in [1.29, 1.82) is 0 Å². The number of hydrogen-bond acceptors (Lipinski definition) is 1. The maximum atomic E-state index is 6.45. The molecular formula is C27H22BN. The molecule has 4 aromatic rings. The monoisotopic (exact) mass is 371 g/mol. The molecule has 0 bridgehead atoms. The topological polar surface area (TPSA) is 12.0 Å². The van der Waals surface area contributed by atoms with Gasteiger partial charge in [-0.25, -0.2) is 0 Å². The average molecular weight is 371 g/mol. The minimum atomic E-state index is -0.0345. The van der Waals surface area contributed by atoms with Crippen molar-refractivity contribution in [2.45, 2.75) is 19.3 Å². The van der Waals surface area contributed by atoms with Gasteiger partial charge < -0.3 is 5.32 Å². The molecule has 1 aliphatic rings. The zero-order valence-electron chi connectivity index (χ0n) is 16.7. The summed E-state index contributed by atoms with van der Waals surface area (Å²) >= 11 is 0. The Kier molecular flexibility index (Phi) is 4.10. The zero-order chi connectivity index (χ0) is 20.0. The second kappa shape index (κ2) is 6.67. The van der Waals surface area contributed by atoms with Gasteiger partial charge in [0.05, 0.1) is 0 Å². The van der Waals surface area contributed by atoms with Gasteiger partial charge in [-0.1, -0.05) is 92.1 Å². The third kappa shape index (κ3) is 2.96. The summed E-state index contributed by atoms with van der Waals surface area (Å²) in [7, 11) is 6.45. The van der Waals surface area contributed by atoms with Crippen LogP contribution in [-0.4, -0.2) is 7.85 Å². The fourth-order valence-electron chi connectivity index (χ4n) is 4.40. The predicted molar refractivity (Wildman–Crippen MR) is 125 cm³/mol. The SMILES string of the molecule is [B]c1cc2c(cc1Nc1ccc(-c3ccccc3)cc1)C(C)(C)c1ccccc1-2. The quantitative estimate of drug-likeness (QED) is 0.423. The van der Waals surface area contributed by atoms with Crippen molar-refractivity contribution in [3.05, 3.63) is 102 Å². The lowest BCUT2D eigenvalue weighted by Crippen LogP contribution is -2.17. The van der Waals surface area contributed by atoms with Crippen molar-refractivity contribution >= 4 is 24.7 Å². The van der Waals surface area contributed by atoms with E-state index in [0.717, 1.165) is 16.8 Å². The van der Waals surface area contributed by atoms with E-state index in [-0.39, 0.29) is 5.41 Å². The van der Waals surface area contributed by atoms with Crippen molar-refractivity contribution in [1.82, 2.24) is 0 Å². The van der Waals surface area contributed by atoms with Crippen LogP contribution in [0.2, 0.25) is 0 Å². The summed E-state index contributed by atoms with van der Waals surface area (Å²) in [6.07, 6.45) is 0. The largest absolute Gasteiger partial charge is 0.356 e. The summed E-state index contributed by atoms with van der Waals surface area (Å²) in [6, 6.07) is 31.9. The molecule has 29 heavy (non-hydrogen) atoms. The summed E-state index contributed by atoms with van der Waals surface area (Å²) in [5.74, 6) is 0. The molecule has 0 unspecified atom stereocenters. The van der Waals surface area contributed by atoms with Crippen LogP contribution in [0.5, 0.6) is 0 Å². The number of benzene rings is 4. The van der Waals surface area contributed by atoms with Crippen LogP contribution >= 0.6 is 0 Å². The summed E-state index contributed by atoms with van der Waals surface area (Å²) in [5, 5.41) is 3.52. The molecule has 138 valence electrons. The summed E-state index contributed by atoms with van der Waals surface area (Å²) in [4.78, 5) is 0. The molecule has 2 radical (unpaired) electrons. The van der Waals surface area contributed by atoms with Crippen LogP contribution in [0.3, 0.4) is 0 Å². The molecule has 1 N–H and O–H groups in total. The highest BCUT2D eigenvalue weighted by Crippen LogP contribution is 2.48. The van der Waals surface area contributed by atoms with E-state index in [9.17, 15) is 0 Å². The van der Waals surface area contributed by atoms with Gasteiger partial charge in [0.1, 0.15) is 7.85 Å². The van der Waals surface area contributed by atoms with Gasteiger partial charge in [0.15, 0.2) is 0 Å². The molecule has 5 rings (SSSR count). The van der Waals surface area contributed by atoms with Crippen LogP contribution < -0.4 is 10.8 Å². The highest BCUT2D eigenvalue weighted by molar-refractivity contribution is 6.36. The molecule has 2 heteroatoms. The van der Waals surface area contributed by atoms with Crippen LogP contribution in [0.4, 0.5) is 11.4 Å². The Labute approximate surface area is 173 Å². The number of hydrogen-bond donors (Lipinski definition) is 1. The summed E-state index contributed by atoms with van der Waals surface area (Å²) < 4.78 is 0. The lowest BCUT2D eigenvalue weighted by molar-refractivity contribution is 0.661. The van der Waals surface area contributed by atoms with Gasteiger partial charge in [0.2, 0.25) is 0 Å². The standard InChI is InChI=1S/C27H22BN/c1-27(2)23-11-7-6-10-21(23)22-16-25(28)26(17-24(22)27)29-20-14-12-19(13-15-20)18-8-4-3-5-9-18/h3-17,29H,1-2H3. The molecule has 0 amide bonds.